The molecule has 0 atom stereocenters. The highest BCUT2D eigenvalue weighted by Crippen LogP contribution is 2.28. The topological polar surface area (TPSA) is 74.8 Å². The quantitative estimate of drug-likeness (QED) is 0.364. The van der Waals surface area contributed by atoms with E-state index in [4.69, 9.17) is 4.74 Å². The van der Waals surface area contributed by atoms with Crippen LogP contribution in [-0.4, -0.2) is 45.7 Å². The highest BCUT2D eigenvalue weighted by molar-refractivity contribution is 5.93. The van der Waals surface area contributed by atoms with Crippen LogP contribution >= 0.6 is 0 Å². The molecule has 2 rings (SSSR count). The summed E-state index contributed by atoms with van der Waals surface area (Å²) in [6, 6.07) is 7.53. The van der Waals surface area contributed by atoms with E-state index in [9.17, 15) is 4.79 Å². The number of aliphatic imine (C=N–C) groups is 1. The minimum Gasteiger partial charge on any atom is -0.381 e. The smallest absolute Gasteiger partial charge is 0.251 e. The number of hydrogen-bond acceptors (Lipinski definition) is 3. The third-order valence-electron chi connectivity index (χ3n) is 3.94. The Balaban J connectivity index is 1.62. The molecule has 1 saturated carbocycles. The Morgan fingerprint density at radius 3 is 2.62 bits per heavy atom. The molecule has 1 aromatic carbocycles. The van der Waals surface area contributed by atoms with Crippen LogP contribution in [0.5, 0.6) is 0 Å². The predicted molar refractivity (Wildman–Crippen MR) is 96.2 cm³/mol. The number of hydrogen-bond donors (Lipinski definition) is 3. The number of benzene rings is 1. The number of ether oxygens (including phenoxy) is 1. The largest absolute Gasteiger partial charge is 0.381 e. The normalized spacial score (nSPS) is 14.3. The zero-order valence-electron chi connectivity index (χ0n) is 14.6. The molecule has 0 unspecified atom stereocenters. The van der Waals surface area contributed by atoms with Crippen LogP contribution in [0.2, 0.25) is 0 Å². The van der Waals surface area contributed by atoms with Crippen molar-refractivity contribution in [2.24, 2.45) is 10.9 Å². The summed E-state index contributed by atoms with van der Waals surface area (Å²) < 4.78 is 5.61. The Kier molecular flexibility index (Phi) is 7.55. The highest BCUT2D eigenvalue weighted by Gasteiger charge is 2.20. The summed E-state index contributed by atoms with van der Waals surface area (Å²) in [5.74, 6) is 1.52. The molecule has 1 aliphatic rings. The van der Waals surface area contributed by atoms with E-state index in [0.29, 0.717) is 12.1 Å². The first kappa shape index (κ1) is 18.3. The SMILES string of the molecule is CN=C(NCCCOCC1CC1)NCc1ccc(C(=O)NC)cc1. The molecule has 3 N–H and O–H groups in total. The van der Waals surface area contributed by atoms with Crippen molar-refractivity contribution in [3.8, 4) is 0 Å². The lowest BCUT2D eigenvalue weighted by molar-refractivity contribution is 0.0963. The van der Waals surface area contributed by atoms with Crippen LogP contribution < -0.4 is 16.0 Å². The third kappa shape index (κ3) is 6.58. The van der Waals surface area contributed by atoms with Crippen LogP contribution in [0.15, 0.2) is 29.3 Å². The maximum atomic E-state index is 11.5. The van der Waals surface area contributed by atoms with Gasteiger partial charge in [-0.05, 0) is 42.9 Å². The summed E-state index contributed by atoms with van der Waals surface area (Å²) in [6.45, 7) is 3.20. The van der Waals surface area contributed by atoms with Crippen LogP contribution in [0.25, 0.3) is 0 Å². The summed E-state index contributed by atoms with van der Waals surface area (Å²) in [6.07, 6.45) is 3.63. The van der Waals surface area contributed by atoms with Crippen molar-refractivity contribution >= 4 is 11.9 Å². The van der Waals surface area contributed by atoms with E-state index < -0.39 is 0 Å². The van der Waals surface area contributed by atoms with Crippen molar-refractivity contribution in [2.75, 3.05) is 33.9 Å². The zero-order chi connectivity index (χ0) is 17.2. The standard InChI is InChI=1S/C18H28N4O2/c1-19-17(23)16-8-6-14(7-9-16)12-22-18(20-2)21-10-3-11-24-13-15-4-5-15/h6-9,15H,3-5,10-13H2,1-2H3,(H,19,23)(H2,20,21,22). The second kappa shape index (κ2) is 9.93. The molecule has 0 heterocycles. The molecule has 0 bridgehead atoms. The summed E-state index contributed by atoms with van der Waals surface area (Å²) in [5.41, 5.74) is 1.76. The first-order valence-corrected chi connectivity index (χ1v) is 8.56. The van der Waals surface area contributed by atoms with Crippen LogP contribution in [0.4, 0.5) is 0 Å². The molecule has 0 aromatic heterocycles. The van der Waals surface area contributed by atoms with Gasteiger partial charge in [0.05, 0.1) is 0 Å². The predicted octanol–water partition coefficient (Wildman–Crippen LogP) is 1.53. The summed E-state index contributed by atoms with van der Waals surface area (Å²) in [7, 11) is 3.39. The average molecular weight is 332 g/mol. The Labute approximate surface area is 144 Å². The van der Waals surface area contributed by atoms with Gasteiger partial charge in [0.2, 0.25) is 0 Å². The van der Waals surface area contributed by atoms with E-state index in [1.165, 1.54) is 12.8 Å². The van der Waals surface area contributed by atoms with Crippen molar-refractivity contribution in [1.29, 1.82) is 0 Å². The maximum absolute atomic E-state index is 11.5. The molecular weight excluding hydrogens is 304 g/mol. The van der Waals surface area contributed by atoms with Crippen LogP contribution in [0, 0.1) is 5.92 Å². The van der Waals surface area contributed by atoms with Gasteiger partial charge in [0, 0.05) is 46.0 Å². The molecule has 6 heteroatoms. The molecule has 0 aliphatic heterocycles. The van der Waals surface area contributed by atoms with Gasteiger partial charge < -0.3 is 20.7 Å². The van der Waals surface area contributed by atoms with E-state index in [2.05, 4.69) is 20.9 Å². The van der Waals surface area contributed by atoms with Gasteiger partial charge >= 0.3 is 0 Å². The first-order chi connectivity index (χ1) is 11.7. The van der Waals surface area contributed by atoms with E-state index in [1.54, 1.807) is 14.1 Å². The van der Waals surface area contributed by atoms with Crippen LogP contribution in [-0.2, 0) is 11.3 Å². The van der Waals surface area contributed by atoms with Gasteiger partial charge in [-0.2, -0.15) is 0 Å². The molecule has 1 aromatic rings. The van der Waals surface area contributed by atoms with Crippen LogP contribution in [0.3, 0.4) is 0 Å². The lowest BCUT2D eigenvalue weighted by atomic mass is 10.1. The van der Waals surface area contributed by atoms with Gasteiger partial charge in [-0.3, -0.25) is 9.79 Å². The Hall–Kier alpha value is -2.08. The second-order valence-electron chi connectivity index (χ2n) is 6.00. The van der Waals surface area contributed by atoms with E-state index in [1.807, 2.05) is 24.3 Å². The Morgan fingerprint density at radius 2 is 2.00 bits per heavy atom. The number of nitrogens with zero attached hydrogens (tertiary/aromatic N) is 1. The molecule has 132 valence electrons. The Bertz CT molecular complexity index is 538. The van der Waals surface area contributed by atoms with Gasteiger partial charge in [0.25, 0.3) is 5.91 Å². The molecule has 1 aliphatic carbocycles. The van der Waals surface area contributed by atoms with E-state index in [-0.39, 0.29) is 5.91 Å². The molecule has 24 heavy (non-hydrogen) atoms. The fraction of sp³-hybridized carbons (Fsp3) is 0.556. The summed E-state index contributed by atoms with van der Waals surface area (Å²) in [4.78, 5) is 15.7. The van der Waals surface area contributed by atoms with E-state index in [0.717, 1.165) is 43.6 Å². The summed E-state index contributed by atoms with van der Waals surface area (Å²) in [5, 5.41) is 9.16. The lowest BCUT2D eigenvalue weighted by Crippen LogP contribution is -2.37. The van der Waals surface area contributed by atoms with Gasteiger partial charge in [-0.25, -0.2) is 0 Å². The molecule has 0 radical (unpaired) electrons. The Morgan fingerprint density at radius 1 is 1.25 bits per heavy atom. The number of carbonyl (C=O) groups is 1. The van der Waals surface area contributed by atoms with Crippen molar-refractivity contribution < 1.29 is 9.53 Å². The number of nitrogens with one attached hydrogen (secondary N) is 3. The van der Waals surface area contributed by atoms with Gasteiger partial charge in [-0.15, -0.1) is 0 Å². The highest BCUT2D eigenvalue weighted by atomic mass is 16.5. The second-order valence-corrected chi connectivity index (χ2v) is 6.00. The minimum absolute atomic E-state index is 0.0732. The number of guanidine groups is 1. The fourth-order valence-corrected chi connectivity index (χ4v) is 2.24. The van der Waals surface area contributed by atoms with Gasteiger partial charge in [-0.1, -0.05) is 12.1 Å². The molecule has 6 nitrogen and oxygen atoms in total. The van der Waals surface area contributed by atoms with Crippen molar-refractivity contribution in [1.82, 2.24) is 16.0 Å². The monoisotopic (exact) mass is 332 g/mol. The maximum Gasteiger partial charge on any atom is 0.251 e. The van der Waals surface area contributed by atoms with Crippen LogP contribution in [0.1, 0.15) is 35.2 Å². The number of rotatable bonds is 9. The van der Waals surface area contributed by atoms with Crippen molar-refractivity contribution in [3.63, 3.8) is 0 Å². The lowest BCUT2D eigenvalue weighted by Gasteiger charge is -2.12. The fourth-order valence-electron chi connectivity index (χ4n) is 2.24. The molecule has 0 saturated heterocycles. The van der Waals surface area contributed by atoms with Gasteiger partial charge in [0.1, 0.15) is 0 Å². The zero-order valence-corrected chi connectivity index (χ0v) is 14.6. The minimum atomic E-state index is -0.0732. The van der Waals surface area contributed by atoms with E-state index >= 15 is 0 Å². The molecule has 1 amide bonds. The average Bonchev–Trinajstić information content (AvgIpc) is 3.44. The van der Waals surface area contributed by atoms with Crippen molar-refractivity contribution in [3.05, 3.63) is 35.4 Å². The first-order valence-electron chi connectivity index (χ1n) is 8.56. The number of carbonyl (C=O) groups excluding carboxylic acids is 1. The number of amides is 1. The summed E-state index contributed by atoms with van der Waals surface area (Å²) >= 11 is 0. The third-order valence-corrected chi connectivity index (χ3v) is 3.94. The molecular formula is C18H28N4O2. The molecule has 1 fully saturated rings. The van der Waals surface area contributed by atoms with Gasteiger partial charge in [0.15, 0.2) is 5.96 Å². The molecule has 0 spiro atoms. The van der Waals surface area contributed by atoms with Crippen molar-refractivity contribution in [2.45, 2.75) is 25.8 Å².